The van der Waals surface area contributed by atoms with Gasteiger partial charge >= 0.3 is 0 Å². The first kappa shape index (κ1) is 13.3. The first-order valence-electron chi connectivity index (χ1n) is 7.02. The zero-order valence-electron chi connectivity index (χ0n) is 10.8. The van der Waals surface area contributed by atoms with Gasteiger partial charge in [-0.1, -0.05) is 6.42 Å². The summed E-state index contributed by atoms with van der Waals surface area (Å²) in [4.78, 5) is 2.13. The number of hydrogen-bond donors (Lipinski definition) is 3. The summed E-state index contributed by atoms with van der Waals surface area (Å²) < 4.78 is 0. The highest BCUT2D eigenvalue weighted by atomic mass is 16.3. The van der Waals surface area contributed by atoms with Gasteiger partial charge in [-0.05, 0) is 51.6 Å². The van der Waals surface area contributed by atoms with Crippen LogP contribution < -0.4 is 5.32 Å². The number of rotatable bonds is 3. The van der Waals surface area contributed by atoms with Gasteiger partial charge in [-0.3, -0.25) is 4.90 Å². The molecule has 2 fully saturated rings. The molecule has 2 saturated heterocycles. The Balaban J connectivity index is 2.00. The lowest BCUT2D eigenvalue weighted by Crippen LogP contribution is -2.55. The maximum Gasteiger partial charge on any atom is 0.133 e. The van der Waals surface area contributed by atoms with Crippen LogP contribution in [-0.2, 0) is 0 Å². The monoisotopic (exact) mass is 242 g/mol. The molecule has 0 bridgehead atoms. The van der Waals surface area contributed by atoms with Crippen LogP contribution in [-0.4, -0.2) is 53.1 Å². The summed E-state index contributed by atoms with van der Waals surface area (Å²) >= 11 is 0. The Hall–Kier alpha value is -0.160. The van der Waals surface area contributed by atoms with E-state index in [4.69, 9.17) is 0 Å². The predicted octanol–water partition coefficient (Wildman–Crippen LogP) is 0.540. The quantitative estimate of drug-likeness (QED) is 0.676. The Kier molecular flexibility index (Phi) is 4.79. The van der Waals surface area contributed by atoms with Crippen LogP contribution in [0.3, 0.4) is 0 Å². The summed E-state index contributed by atoms with van der Waals surface area (Å²) in [5.41, 5.74) is 0. The number of hydrogen-bond acceptors (Lipinski definition) is 4. The van der Waals surface area contributed by atoms with Crippen LogP contribution in [0, 0.1) is 5.92 Å². The summed E-state index contributed by atoms with van der Waals surface area (Å²) in [6, 6.07) is 0.446. The minimum Gasteiger partial charge on any atom is -0.389 e. The van der Waals surface area contributed by atoms with Crippen molar-refractivity contribution >= 4 is 0 Å². The lowest BCUT2D eigenvalue weighted by molar-refractivity contribution is -0.115. The molecule has 0 aromatic carbocycles. The van der Waals surface area contributed by atoms with Gasteiger partial charge in [0.05, 0.1) is 6.10 Å². The van der Waals surface area contributed by atoms with Crippen molar-refractivity contribution in [3.05, 3.63) is 0 Å². The first-order valence-corrected chi connectivity index (χ1v) is 7.02. The van der Waals surface area contributed by atoms with Gasteiger partial charge in [0.25, 0.3) is 0 Å². The Bertz CT molecular complexity index is 229. The molecule has 4 nitrogen and oxygen atoms in total. The third kappa shape index (κ3) is 3.19. The molecular weight excluding hydrogens is 216 g/mol. The van der Waals surface area contributed by atoms with Gasteiger partial charge in [-0.15, -0.1) is 0 Å². The van der Waals surface area contributed by atoms with Gasteiger partial charge < -0.3 is 15.5 Å². The predicted molar refractivity (Wildman–Crippen MR) is 67.6 cm³/mol. The summed E-state index contributed by atoms with van der Waals surface area (Å²) in [6.07, 6.45) is 4.69. The second-order valence-corrected chi connectivity index (χ2v) is 5.56. The molecule has 2 rings (SSSR count). The fourth-order valence-corrected chi connectivity index (χ4v) is 3.30. The van der Waals surface area contributed by atoms with Crippen molar-refractivity contribution in [3.63, 3.8) is 0 Å². The van der Waals surface area contributed by atoms with Crippen LogP contribution in [0.5, 0.6) is 0 Å². The fourth-order valence-electron chi connectivity index (χ4n) is 3.30. The molecule has 0 aliphatic carbocycles. The van der Waals surface area contributed by atoms with E-state index >= 15 is 0 Å². The van der Waals surface area contributed by atoms with Crippen LogP contribution in [0.1, 0.15) is 39.0 Å². The largest absolute Gasteiger partial charge is 0.389 e. The first-order chi connectivity index (χ1) is 8.20. The van der Waals surface area contributed by atoms with E-state index in [9.17, 15) is 10.2 Å². The van der Waals surface area contributed by atoms with Crippen LogP contribution in [0.25, 0.3) is 0 Å². The SMILES string of the molecule is CC(O)C(O)N1CCCCC1C1CCCNC1. The Morgan fingerprint density at radius 1 is 1.18 bits per heavy atom. The summed E-state index contributed by atoms with van der Waals surface area (Å²) in [5.74, 6) is 0.637. The van der Waals surface area contributed by atoms with Crippen molar-refractivity contribution in [2.24, 2.45) is 5.92 Å². The van der Waals surface area contributed by atoms with E-state index in [-0.39, 0.29) is 0 Å². The van der Waals surface area contributed by atoms with Crippen molar-refractivity contribution < 1.29 is 10.2 Å². The van der Waals surface area contributed by atoms with Gasteiger partial charge in [-0.25, -0.2) is 0 Å². The second-order valence-electron chi connectivity index (χ2n) is 5.56. The minimum absolute atomic E-state index is 0.446. The maximum absolute atomic E-state index is 10.1. The topological polar surface area (TPSA) is 55.7 Å². The summed E-state index contributed by atoms with van der Waals surface area (Å²) in [7, 11) is 0. The zero-order chi connectivity index (χ0) is 12.3. The molecule has 4 unspecified atom stereocenters. The number of nitrogens with zero attached hydrogens (tertiary/aromatic N) is 1. The third-order valence-corrected chi connectivity index (χ3v) is 4.24. The van der Waals surface area contributed by atoms with Gasteiger partial charge in [0.15, 0.2) is 0 Å². The molecule has 2 aliphatic rings. The van der Waals surface area contributed by atoms with E-state index in [1.807, 2.05) is 0 Å². The van der Waals surface area contributed by atoms with E-state index in [0.717, 1.165) is 32.5 Å². The van der Waals surface area contributed by atoms with Crippen LogP contribution >= 0.6 is 0 Å². The third-order valence-electron chi connectivity index (χ3n) is 4.24. The highest BCUT2D eigenvalue weighted by Crippen LogP contribution is 2.29. The number of aliphatic hydroxyl groups excluding tert-OH is 2. The van der Waals surface area contributed by atoms with E-state index in [1.54, 1.807) is 6.92 Å². The standard InChI is InChI=1S/C13H26N2O2/c1-10(16)13(17)15-8-3-2-6-12(15)11-5-4-7-14-9-11/h10-14,16-17H,2-9H2,1H3. The maximum atomic E-state index is 10.1. The molecule has 2 aliphatic heterocycles. The van der Waals surface area contributed by atoms with E-state index in [1.165, 1.54) is 19.3 Å². The van der Waals surface area contributed by atoms with E-state index in [0.29, 0.717) is 12.0 Å². The fraction of sp³-hybridized carbons (Fsp3) is 1.00. The van der Waals surface area contributed by atoms with Crippen molar-refractivity contribution in [2.45, 2.75) is 57.4 Å². The number of likely N-dealkylation sites (tertiary alicyclic amines) is 1. The lowest BCUT2D eigenvalue weighted by atomic mass is 9.85. The second kappa shape index (κ2) is 6.14. The van der Waals surface area contributed by atoms with Crippen LogP contribution in [0.4, 0.5) is 0 Å². The molecule has 0 spiro atoms. The molecule has 3 N–H and O–H groups in total. The highest BCUT2D eigenvalue weighted by Gasteiger charge is 2.35. The number of nitrogens with one attached hydrogen (secondary N) is 1. The van der Waals surface area contributed by atoms with Crippen molar-refractivity contribution in [1.82, 2.24) is 10.2 Å². The number of piperidine rings is 2. The lowest BCUT2D eigenvalue weighted by Gasteiger charge is -2.44. The molecule has 0 amide bonds. The summed E-state index contributed by atoms with van der Waals surface area (Å²) in [5, 5.41) is 23.1. The zero-order valence-corrected chi connectivity index (χ0v) is 10.8. The molecule has 17 heavy (non-hydrogen) atoms. The molecule has 100 valence electrons. The van der Waals surface area contributed by atoms with Gasteiger partial charge in [-0.2, -0.15) is 0 Å². The van der Waals surface area contributed by atoms with Gasteiger partial charge in [0, 0.05) is 12.6 Å². The van der Waals surface area contributed by atoms with E-state index in [2.05, 4.69) is 10.2 Å². The Morgan fingerprint density at radius 3 is 2.65 bits per heavy atom. The number of aliphatic hydroxyl groups is 2. The average Bonchev–Trinajstić information content (AvgIpc) is 2.39. The molecule has 0 saturated carbocycles. The van der Waals surface area contributed by atoms with Gasteiger partial charge in [0.2, 0.25) is 0 Å². The Labute approximate surface area is 104 Å². The van der Waals surface area contributed by atoms with E-state index < -0.39 is 12.3 Å². The van der Waals surface area contributed by atoms with Crippen LogP contribution in [0.2, 0.25) is 0 Å². The molecule has 0 aromatic heterocycles. The average molecular weight is 242 g/mol. The molecule has 4 atom stereocenters. The molecule has 0 radical (unpaired) electrons. The molecule has 0 aromatic rings. The smallest absolute Gasteiger partial charge is 0.133 e. The molecular formula is C13H26N2O2. The normalized spacial score (nSPS) is 35.5. The Morgan fingerprint density at radius 2 is 2.00 bits per heavy atom. The van der Waals surface area contributed by atoms with Crippen LogP contribution in [0.15, 0.2) is 0 Å². The molecule has 2 heterocycles. The minimum atomic E-state index is -0.692. The van der Waals surface area contributed by atoms with Crippen molar-refractivity contribution in [1.29, 1.82) is 0 Å². The van der Waals surface area contributed by atoms with Gasteiger partial charge in [0.1, 0.15) is 6.23 Å². The van der Waals surface area contributed by atoms with Crippen molar-refractivity contribution in [2.75, 3.05) is 19.6 Å². The van der Waals surface area contributed by atoms with Crippen molar-refractivity contribution in [3.8, 4) is 0 Å². The summed E-state index contributed by atoms with van der Waals surface area (Å²) in [6.45, 7) is 4.79. The highest BCUT2D eigenvalue weighted by molar-refractivity contribution is 4.88. The molecule has 4 heteroatoms.